The number of hydrogen-bond donors (Lipinski definition) is 2. The summed E-state index contributed by atoms with van der Waals surface area (Å²) in [7, 11) is 0. The highest BCUT2D eigenvalue weighted by Crippen LogP contribution is 2.34. The van der Waals surface area contributed by atoms with Crippen molar-refractivity contribution in [1.29, 1.82) is 0 Å². The summed E-state index contributed by atoms with van der Waals surface area (Å²) in [6, 6.07) is 5.67. The van der Waals surface area contributed by atoms with Crippen LogP contribution < -0.4 is 5.69 Å². The smallest absolute Gasteiger partial charge is 0.343 e. The Bertz CT molecular complexity index is 651. The molecule has 0 spiro atoms. The van der Waals surface area contributed by atoms with Gasteiger partial charge in [-0.3, -0.25) is 4.57 Å². The van der Waals surface area contributed by atoms with Gasteiger partial charge in [0.1, 0.15) is 0 Å². The van der Waals surface area contributed by atoms with E-state index in [-0.39, 0.29) is 5.69 Å². The van der Waals surface area contributed by atoms with E-state index in [0.717, 1.165) is 21.4 Å². The summed E-state index contributed by atoms with van der Waals surface area (Å²) in [4.78, 5) is 12.6. The van der Waals surface area contributed by atoms with E-state index in [1.165, 1.54) is 11.8 Å². The molecule has 0 saturated carbocycles. The SMILES string of the molecule is CCCn1c(Sc2cc(Br)ccc2C(C)O)n[nH]c1=O. The molecule has 1 atom stereocenters. The van der Waals surface area contributed by atoms with Gasteiger partial charge in [-0.15, -0.1) is 5.10 Å². The standard InChI is InChI=1S/C13H16BrN3O2S/c1-3-6-17-12(19)15-16-13(17)20-11-7-9(14)4-5-10(11)8(2)18/h4-5,7-8,18H,3,6H2,1-2H3,(H,15,19). The van der Waals surface area contributed by atoms with Gasteiger partial charge in [0.25, 0.3) is 0 Å². The molecule has 1 aromatic heterocycles. The molecule has 7 heteroatoms. The van der Waals surface area contributed by atoms with Crippen LogP contribution in [0.3, 0.4) is 0 Å². The summed E-state index contributed by atoms with van der Waals surface area (Å²) < 4.78 is 2.53. The minimum absolute atomic E-state index is 0.206. The fourth-order valence-corrected chi connectivity index (χ4v) is 3.47. The van der Waals surface area contributed by atoms with Crippen molar-refractivity contribution in [2.45, 2.75) is 43.0 Å². The van der Waals surface area contributed by atoms with Crippen molar-refractivity contribution in [2.24, 2.45) is 0 Å². The van der Waals surface area contributed by atoms with Crippen LogP contribution in [0.4, 0.5) is 0 Å². The molecule has 0 aliphatic carbocycles. The minimum Gasteiger partial charge on any atom is -0.389 e. The first-order valence-electron chi connectivity index (χ1n) is 6.33. The molecule has 0 aliphatic rings. The second-order valence-electron chi connectivity index (χ2n) is 4.42. The Labute approximate surface area is 129 Å². The van der Waals surface area contributed by atoms with Crippen molar-refractivity contribution in [3.63, 3.8) is 0 Å². The molecule has 20 heavy (non-hydrogen) atoms. The van der Waals surface area contributed by atoms with Crippen LogP contribution in [0, 0.1) is 0 Å². The predicted molar refractivity (Wildman–Crippen MR) is 82.0 cm³/mol. The number of hydrogen-bond acceptors (Lipinski definition) is 4. The van der Waals surface area contributed by atoms with E-state index in [9.17, 15) is 9.90 Å². The quantitative estimate of drug-likeness (QED) is 0.862. The number of rotatable bonds is 5. The van der Waals surface area contributed by atoms with Crippen molar-refractivity contribution in [2.75, 3.05) is 0 Å². The molecule has 0 radical (unpaired) electrons. The summed E-state index contributed by atoms with van der Waals surface area (Å²) >= 11 is 4.80. The number of nitrogens with one attached hydrogen (secondary N) is 1. The largest absolute Gasteiger partial charge is 0.389 e. The zero-order valence-corrected chi connectivity index (χ0v) is 13.7. The normalized spacial score (nSPS) is 12.6. The third-order valence-corrected chi connectivity index (χ3v) is 4.36. The summed E-state index contributed by atoms with van der Waals surface area (Å²) in [5.74, 6) is 0. The van der Waals surface area contributed by atoms with E-state index in [1.54, 1.807) is 11.5 Å². The molecular weight excluding hydrogens is 342 g/mol. The summed E-state index contributed by atoms with van der Waals surface area (Å²) in [5, 5.41) is 17.0. The Balaban J connectivity index is 2.39. The van der Waals surface area contributed by atoms with Crippen LogP contribution >= 0.6 is 27.7 Å². The Morgan fingerprint density at radius 1 is 1.55 bits per heavy atom. The van der Waals surface area contributed by atoms with Gasteiger partial charge in [0.05, 0.1) is 6.10 Å². The molecule has 0 saturated heterocycles. The molecule has 108 valence electrons. The van der Waals surface area contributed by atoms with E-state index in [4.69, 9.17) is 0 Å². The number of benzene rings is 1. The van der Waals surface area contributed by atoms with Crippen molar-refractivity contribution < 1.29 is 5.11 Å². The molecule has 0 amide bonds. The Hall–Kier alpha value is -1.05. The first-order valence-corrected chi connectivity index (χ1v) is 7.94. The highest BCUT2D eigenvalue weighted by molar-refractivity contribution is 9.10. The molecule has 0 bridgehead atoms. The summed E-state index contributed by atoms with van der Waals surface area (Å²) in [6.07, 6.45) is 0.283. The maximum Gasteiger partial charge on any atom is 0.343 e. The molecule has 0 aliphatic heterocycles. The number of aromatic nitrogens is 3. The summed E-state index contributed by atoms with van der Waals surface area (Å²) in [5.41, 5.74) is 0.611. The third kappa shape index (κ3) is 3.34. The Kier molecular flexibility index (Phi) is 5.06. The topological polar surface area (TPSA) is 70.9 Å². The zero-order chi connectivity index (χ0) is 14.7. The highest BCUT2D eigenvalue weighted by atomic mass is 79.9. The molecule has 0 fully saturated rings. The van der Waals surface area contributed by atoms with E-state index < -0.39 is 6.10 Å². The van der Waals surface area contributed by atoms with E-state index in [1.807, 2.05) is 25.1 Å². The Morgan fingerprint density at radius 3 is 2.95 bits per heavy atom. The average Bonchev–Trinajstić information content (AvgIpc) is 2.72. The van der Waals surface area contributed by atoms with Gasteiger partial charge in [0.15, 0.2) is 5.16 Å². The van der Waals surface area contributed by atoms with Gasteiger partial charge in [-0.2, -0.15) is 0 Å². The highest BCUT2D eigenvalue weighted by Gasteiger charge is 2.14. The molecule has 1 unspecified atom stereocenters. The Morgan fingerprint density at radius 2 is 2.30 bits per heavy atom. The van der Waals surface area contributed by atoms with Gasteiger partial charge in [0.2, 0.25) is 0 Å². The van der Waals surface area contributed by atoms with Crippen molar-refractivity contribution in [3.8, 4) is 0 Å². The monoisotopic (exact) mass is 357 g/mol. The molecule has 1 heterocycles. The van der Waals surface area contributed by atoms with Crippen molar-refractivity contribution >= 4 is 27.7 Å². The van der Waals surface area contributed by atoms with Gasteiger partial charge in [-0.25, -0.2) is 9.89 Å². The van der Waals surface area contributed by atoms with Crippen LogP contribution in [0.2, 0.25) is 0 Å². The third-order valence-electron chi connectivity index (χ3n) is 2.80. The van der Waals surface area contributed by atoms with Crippen LogP contribution in [-0.4, -0.2) is 19.9 Å². The maximum absolute atomic E-state index is 11.7. The fraction of sp³-hybridized carbons (Fsp3) is 0.385. The minimum atomic E-state index is -0.573. The van der Waals surface area contributed by atoms with E-state index in [2.05, 4.69) is 26.1 Å². The fourth-order valence-electron chi connectivity index (χ4n) is 1.84. The lowest BCUT2D eigenvalue weighted by atomic mass is 10.1. The lowest BCUT2D eigenvalue weighted by Crippen LogP contribution is -2.17. The van der Waals surface area contributed by atoms with Crippen LogP contribution in [-0.2, 0) is 6.54 Å². The van der Waals surface area contributed by atoms with Crippen LogP contribution in [0.15, 0.2) is 37.5 Å². The molecule has 2 N–H and O–H groups in total. The molecule has 1 aromatic carbocycles. The maximum atomic E-state index is 11.7. The van der Waals surface area contributed by atoms with Crippen LogP contribution in [0.1, 0.15) is 31.9 Å². The number of nitrogens with zero attached hydrogens (tertiary/aromatic N) is 2. The first kappa shape index (κ1) is 15.3. The molecule has 2 aromatic rings. The number of H-pyrrole nitrogens is 1. The lowest BCUT2D eigenvalue weighted by molar-refractivity contribution is 0.196. The number of aromatic amines is 1. The van der Waals surface area contributed by atoms with Crippen molar-refractivity contribution in [1.82, 2.24) is 14.8 Å². The predicted octanol–water partition coefficient (Wildman–Crippen LogP) is 2.95. The second-order valence-corrected chi connectivity index (χ2v) is 6.35. The van der Waals surface area contributed by atoms with Gasteiger partial charge in [-0.1, -0.05) is 28.9 Å². The van der Waals surface area contributed by atoms with E-state index in [0.29, 0.717) is 11.7 Å². The first-order chi connectivity index (χ1) is 9.52. The van der Waals surface area contributed by atoms with E-state index >= 15 is 0 Å². The van der Waals surface area contributed by atoms with Gasteiger partial charge < -0.3 is 5.11 Å². The van der Waals surface area contributed by atoms with Gasteiger partial charge in [-0.05, 0) is 42.8 Å². The number of aliphatic hydroxyl groups is 1. The molecule has 2 rings (SSSR count). The summed E-state index contributed by atoms with van der Waals surface area (Å²) in [6.45, 7) is 4.35. The van der Waals surface area contributed by atoms with Crippen LogP contribution in [0.5, 0.6) is 0 Å². The zero-order valence-electron chi connectivity index (χ0n) is 11.3. The lowest BCUT2D eigenvalue weighted by Gasteiger charge is -2.12. The average molecular weight is 358 g/mol. The second kappa shape index (κ2) is 6.60. The van der Waals surface area contributed by atoms with Gasteiger partial charge in [0, 0.05) is 15.9 Å². The number of aliphatic hydroxyl groups excluding tert-OH is 1. The van der Waals surface area contributed by atoms with Crippen molar-refractivity contribution in [3.05, 3.63) is 38.7 Å². The van der Waals surface area contributed by atoms with Gasteiger partial charge >= 0.3 is 5.69 Å². The number of halogens is 1. The van der Waals surface area contributed by atoms with Crippen LogP contribution in [0.25, 0.3) is 0 Å². The molecule has 5 nitrogen and oxygen atoms in total. The molecular formula is C13H16BrN3O2S.